The molecule has 0 bridgehead atoms. The number of methoxy groups -OCH3 is 1. The quantitative estimate of drug-likeness (QED) is 0.601. The minimum absolute atomic E-state index is 0.127. The number of ether oxygens (including phenoxy) is 1. The van der Waals surface area contributed by atoms with Gasteiger partial charge in [-0.1, -0.05) is 12.8 Å². The largest absolute Gasteiger partial charge is 0.391 e. The minimum atomic E-state index is -3.12. The molecule has 1 unspecified atom stereocenters. The van der Waals surface area contributed by atoms with Gasteiger partial charge in [0.15, 0.2) is 9.84 Å². The Morgan fingerprint density at radius 1 is 1.41 bits per heavy atom. The van der Waals surface area contributed by atoms with Gasteiger partial charge >= 0.3 is 0 Å². The normalized spacial score (nSPS) is 19.6. The molecule has 1 fully saturated rings. The molecule has 2 N–H and O–H groups in total. The van der Waals surface area contributed by atoms with E-state index in [1.807, 2.05) is 0 Å². The molecule has 0 aromatic carbocycles. The van der Waals surface area contributed by atoms with Crippen molar-refractivity contribution >= 4 is 9.84 Å². The Labute approximate surface area is 103 Å². The maximum absolute atomic E-state index is 11.9. The van der Waals surface area contributed by atoms with E-state index in [1.165, 1.54) is 0 Å². The van der Waals surface area contributed by atoms with Crippen LogP contribution in [0.15, 0.2) is 0 Å². The van der Waals surface area contributed by atoms with Crippen LogP contribution in [0.5, 0.6) is 0 Å². The molecule has 0 spiro atoms. The van der Waals surface area contributed by atoms with Gasteiger partial charge in [-0.15, -0.1) is 0 Å². The van der Waals surface area contributed by atoms with Crippen LogP contribution in [0.25, 0.3) is 0 Å². The fraction of sp³-hybridized carbons (Fsp3) is 1.00. The molecule has 1 aliphatic rings. The molecule has 6 heteroatoms. The van der Waals surface area contributed by atoms with Crippen molar-refractivity contribution in [3.8, 4) is 0 Å². The van der Waals surface area contributed by atoms with Gasteiger partial charge in [0.2, 0.25) is 0 Å². The summed E-state index contributed by atoms with van der Waals surface area (Å²) >= 11 is 0. The van der Waals surface area contributed by atoms with Gasteiger partial charge in [-0.05, 0) is 12.8 Å². The van der Waals surface area contributed by atoms with Crippen LogP contribution in [-0.4, -0.2) is 57.4 Å². The van der Waals surface area contributed by atoms with E-state index in [0.717, 1.165) is 25.7 Å². The number of hydrogen-bond acceptors (Lipinski definition) is 5. The van der Waals surface area contributed by atoms with E-state index in [0.29, 0.717) is 19.7 Å². The summed E-state index contributed by atoms with van der Waals surface area (Å²) in [6.45, 7) is 1.48. The van der Waals surface area contributed by atoms with E-state index in [9.17, 15) is 13.5 Å². The highest BCUT2D eigenvalue weighted by Gasteiger charge is 2.30. The van der Waals surface area contributed by atoms with Gasteiger partial charge in [-0.3, -0.25) is 0 Å². The van der Waals surface area contributed by atoms with Crippen LogP contribution in [0.3, 0.4) is 0 Å². The van der Waals surface area contributed by atoms with Crippen LogP contribution in [0, 0.1) is 0 Å². The van der Waals surface area contributed by atoms with Crippen molar-refractivity contribution in [3.05, 3.63) is 0 Å². The first kappa shape index (κ1) is 14.9. The molecule has 0 aromatic rings. The van der Waals surface area contributed by atoms with E-state index < -0.39 is 15.9 Å². The predicted molar refractivity (Wildman–Crippen MR) is 66.8 cm³/mol. The lowest BCUT2D eigenvalue weighted by Gasteiger charge is -2.15. The first-order valence-electron chi connectivity index (χ1n) is 6.15. The third-order valence-corrected chi connectivity index (χ3v) is 5.43. The van der Waals surface area contributed by atoms with Crippen molar-refractivity contribution < 1.29 is 18.3 Å². The maximum atomic E-state index is 11.9. The topological polar surface area (TPSA) is 75.6 Å². The molecule has 1 aliphatic carbocycles. The molecule has 5 nitrogen and oxygen atoms in total. The molecule has 0 aromatic heterocycles. The van der Waals surface area contributed by atoms with Crippen molar-refractivity contribution in [1.82, 2.24) is 5.32 Å². The SMILES string of the molecule is COCCNCC(O)CS(=O)(=O)C1CCCC1. The fourth-order valence-corrected chi connectivity index (χ4v) is 4.13. The van der Waals surface area contributed by atoms with Crippen LogP contribution in [0.4, 0.5) is 0 Å². The highest BCUT2D eigenvalue weighted by Crippen LogP contribution is 2.25. The monoisotopic (exact) mass is 265 g/mol. The second-order valence-electron chi connectivity index (χ2n) is 4.59. The third kappa shape index (κ3) is 5.33. The molecule has 0 aliphatic heterocycles. The Morgan fingerprint density at radius 2 is 2.06 bits per heavy atom. The fourth-order valence-electron chi connectivity index (χ4n) is 2.15. The summed E-state index contributed by atoms with van der Waals surface area (Å²) in [7, 11) is -1.52. The molecule has 0 saturated heterocycles. The van der Waals surface area contributed by atoms with Gasteiger partial charge in [0.05, 0.1) is 23.7 Å². The van der Waals surface area contributed by atoms with Gasteiger partial charge < -0.3 is 15.2 Å². The lowest BCUT2D eigenvalue weighted by atomic mass is 10.4. The second-order valence-corrected chi connectivity index (χ2v) is 6.91. The summed E-state index contributed by atoms with van der Waals surface area (Å²) in [5, 5.41) is 12.4. The number of nitrogens with one attached hydrogen (secondary N) is 1. The van der Waals surface area contributed by atoms with E-state index in [1.54, 1.807) is 7.11 Å². The Hall–Kier alpha value is -0.170. The number of aliphatic hydroxyl groups is 1. The average Bonchev–Trinajstić information content (AvgIpc) is 2.77. The van der Waals surface area contributed by atoms with Crippen molar-refractivity contribution in [2.45, 2.75) is 37.0 Å². The van der Waals surface area contributed by atoms with E-state index in [2.05, 4.69) is 5.32 Å². The van der Waals surface area contributed by atoms with Crippen LogP contribution >= 0.6 is 0 Å². The summed E-state index contributed by atoms with van der Waals surface area (Å²) in [5.74, 6) is -0.127. The predicted octanol–water partition coefficient (Wildman–Crippen LogP) is -0.0593. The van der Waals surface area contributed by atoms with Crippen molar-refractivity contribution in [2.75, 3.05) is 32.6 Å². The first-order valence-corrected chi connectivity index (χ1v) is 7.87. The van der Waals surface area contributed by atoms with Crippen LogP contribution < -0.4 is 5.32 Å². The maximum Gasteiger partial charge on any atom is 0.155 e. The Balaban J connectivity index is 2.26. The zero-order chi connectivity index (χ0) is 12.7. The highest BCUT2D eigenvalue weighted by atomic mass is 32.2. The molecular formula is C11H23NO4S. The van der Waals surface area contributed by atoms with Crippen LogP contribution in [0.1, 0.15) is 25.7 Å². The summed E-state index contributed by atoms with van der Waals surface area (Å²) in [4.78, 5) is 0. The Kier molecular flexibility index (Phi) is 6.40. The zero-order valence-corrected chi connectivity index (χ0v) is 11.2. The lowest BCUT2D eigenvalue weighted by Crippen LogP contribution is -2.36. The van der Waals surface area contributed by atoms with Crippen molar-refractivity contribution in [1.29, 1.82) is 0 Å². The van der Waals surface area contributed by atoms with Crippen LogP contribution in [-0.2, 0) is 14.6 Å². The Morgan fingerprint density at radius 3 is 2.65 bits per heavy atom. The summed E-state index contributed by atoms with van der Waals surface area (Å²) in [5.41, 5.74) is 0. The standard InChI is InChI=1S/C11H23NO4S/c1-16-7-6-12-8-10(13)9-17(14,15)11-4-2-3-5-11/h10-13H,2-9H2,1H3. The molecule has 0 radical (unpaired) electrons. The van der Waals surface area contributed by atoms with Gasteiger partial charge in [0, 0.05) is 20.2 Å². The van der Waals surface area contributed by atoms with E-state index in [-0.39, 0.29) is 11.0 Å². The van der Waals surface area contributed by atoms with Crippen molar-refractivity contribution in [3.63, 3.8) is 0 Å². The third-order valence-electron chi connectivity index (χ3n) is 3.10. The summed E-state index contributed by atoms with van der Waals surface area (Å²) in [6.07, 6.45) is 2.67. The lowest BCUT2D eigenvalue weighted by molar-refractivity contribution is 0.174. The average molecular weight is 265 g/mol. The van der Waals surface area contributed by atoms with E-state index >= 15 is 0 Å². The van der Waals surface area contributed by atoms with E-state index in [4.69, 9.17) is 4.74 Å². The second kappa shape index (κ2) is 7.31. The zero-order valence-electron chi connectivity index (χ0n) is 10.4. The number of aliphatic hydroxyl groups excluding tert-OH is 1. The number of sulfone groups is 1. The molecule has 0 amide bonds. The minimum Gasteiger partial charge on any atom is -0.391 e. The number of rotatable bonds is 8. The van der Waals surface area contributed by atoms with Crippen molar-refractivity contribution in [2.24, 2.45) is 0 Å². The first-order chi connectivity index (χ1) is 8.06. The molecule has 102 valence electrons. The Bertz CT molecular complexity index is 299. The highest BCUT2D eigenvalue weighted by molar-refractivity contribution is 7.92. The van der Waals surface area contributed by atoms with Gasteiger partial charge in [0.1, 0.15) is 0 Å². The molecule has 1 saturated carbocycles. The summed E-state index contributed by atoms with van der Waals surface area (Å²) < 4.78 is 28.7. The molecule has 0 heterocycles. The van der Waals surface area contributed by atoms with Gasteiger partial charge in [-0.2, -0.15) is 0 Å². The van der Waals surface area contributed by atoms with Crippen LogP contribution in [0.2, 0.25) is 0 Å². The van der Waals surface area contributed by atoms with Gasteiger partial charge in [-0.25, -0.2) is 8.42 Å². The summed E-state index contributed by atoms with van der Waals surface area (Å²) in [6, 6.07) is 0. The molecule has 1 atom stereocenters. The number of hydrogen-bond donors (Lipinski definition) is 2. The van der Waals surface area contributed by atoms with Gasteiger partial charge in [0.25, 0.3) is 0 Å². The molecule has 1 rings (SSSR count). The smallest absolute Gasteiger partial charge is 0.155 e. The molecule has 17 heavy (non-hydrogen) atoms. The molecular weight excluding hydrogens is 242 g/mol.